The number of aromatic nitrogens is 2. The largest absolute Gasteiger partial charge is 0.465 e. The van der Waals surface area contributed by atoms with Crippen LogP contribution in [0, 0.1) is 0 Å². The minimum absolute atomic E-state index is 0.219. The van der Waals surface area contributed by atoms with Gasteiger partial charge in [-0.05, 0) is 37.3 Å². The first-order chi connectivity index (χ1) is 10.1. The number of esters is 1. The molecule has 0 amide bonds. The van der Waals surface area contributed by atoms with E-state index in [1.165, 1.54) is 6.07 Å². The van der Waals surface area contributed by atoms with Crippen molar-refractivity contribution < 1.29 is 9.53 Å². The van der Waals surface area contributed by atoms with Gasteiger partial charge in [0.1, 0.15) is 6.54 Å². The van der Waals surface area contributed by atoms with Gasteiger partial charge in [-0.1, -0.05) is 11.6 Å². The van der Waals surface area contributed by atoms with Gasteiger partial charge in [-0.15, -0.1) is 0 Å². The first kappa shape index (κ1) is 15.1. The molecular formula is C14H14ClN3O3. The first-order valence-electron chi connectivity index (χ1n) is 6.35. The summed E-state index contributed by atoms with van der Waals surface area (Å²) in [5.41, 5.74) is 0.401. The van der Waals surface area contributed by atoms with Crippen molar-refractivity contribution in [1.82, 2.24) is 9.78 Å². The highest BCUT2D eigenvalue weighted by atomic mass is 35.5. The quantitative estimate of drug-likeness (QED) is 0.857. The van der Waals surface area contributed by atoms with Gasteiger partial charge in [-0.2, -0.15) is 5.10 Å². The molecule has 1 aromatic carbocycles. The van der Waals surface area contributed by atoms with E-state index in [1.54, 1.807) is 37.3 Å². The SMILES string of the molecule is CCOC(=O)Cn1nc(Nc2ccc(Cl)cc2)ccc1=O. The number of halogens is 1. The lowest BCUT2D eigenvalue weighted by molar-refractivity contribution is -0.144. The second-order valence-corrected chi connectivity index (χ2v) is 4.59. The standard InChI is InChI=1S/C14H14ClN3O3/c1-2-21-14(20)9-18-13(19)8-7-12(17-18)16-11-5-3-10(15)4-6-11/h3-8H,2,9H2,1H3,(H,16,17). The normalized spacial score (nSPS) is 10.2. The number of carbonyl (C=O) groups is 1. The van der Waals surface area contributed by atoms with Crippen molar-refractivity contribution in [3.05, 3.63) is 51.8 Å². The third-order valence-electron chi connectivity index (χ3n) is 2.57. The number of carbonyl (C=O) groups excluding carboxylic acids is 1. The fourth-order valence-electron chi connectivity index (χ4n) is 1.64. The Labute approximate surface area is 126 Å². The number of hydrogen-bond acceptors (Lipinski definition) is 5. The molecule has 0 atom stereocenters. The van der Waals surface area contributed by atoms with Crippen molar-refractivity contribution in [1.29, 1.82) is 0 Å². The Bertz CT molecular complexity index is 683. The summed E-state index contributed by atoms with van der Waals surface area (Å²) in [6, 6.07) is 9.91. The summed E-state index contributed by atoms with van der Waals surface area (Å²) in [5, 5.41) is 7.72. The van der Waals surface area contributed by atoms with E-state index in [0.717, 1.165) is 10.4 Å². The summed E-state index contributed by atoms with van der Waals surface area (Å²) in [6.07, 6.45) is 0. The number of anilines is 2. The van der Waals surface area contributed by atoms with Crippen LogP contribution in [0.4, 0.5) is 11.5 Å². The molecule has 1 heterocycles. The Morgan fingerprint density at radius 3 is 2.67 bits per heavy atom. The molecule has 0 aliphatic heterocycles. The Morgan fingerprint density at radius 1 is 1.29 bits per heavy atom. The number of hydrogen-bond donors (Lipinski definition) is 1. The molecule has 0 fully saturated rings. The zero-order valence-corrected chi connectivity index (χ0v) is 12.1. The van der Waals surface area contributed by atoms with Crippen molar-refractivity contribution in [3.63, 3.8) is 0 Å². The van der Waals surface area contributed by atoms with E-state index in [-0.39, 0.29) is 18.7 Å². The van der Waals surface area contributed by atoms with Crippen LogP contribution in [0.25, 0.3) is 0 Å². The monoisotopic (exact) mass is 307 g/mol. The summed E-state index contributed by atoms with van der Waals surface area (Å²) in [7, 11) is 0. The first-order valence-corrected chi connectivity index (χ1v) is 6.72. The molecule has 2 rings (SSSR count). The van der Waals surface area contributed by atoms with Gasteiger partial charge in [0.15, 0.2) is 5.82 Å². The fourth-order valence-corrected chi connectivity index (χ4v) is 1.76. The Kier molecular flexibility index (Phi) is 4.94. The smallest absolute Gasteiger partial charge is 0.327 e. The van der Waals surface area contributed by atoms with Gasteiger partial charge in [0.2, 0.25) is 0 Å². The highest BCUT2D eigenvalue weighted by molar-refractivity contribution is 6.30. The predicted molar refractivity (Wildman–Crippen MR) is 79.9 cm³/mol. The zero-order chi connectivity index (χ0) is 15.2. The molecule has 110 valence electrons. The highest BCUT2D eigenvalue weighted by Crippen LogP contribution is 2.16. The molecule has 6 nitrogen and oxygen atoms in total. The van der Waals surface area contributed by atoms with Gasteiger partial charge < -0.3 is 10.1 Å². The average Bonchev–Trinajstić information content (AvgIpc) is 2.45. The van der Waals surface area contributed by atoms with Gasteiger partial charge in [0.05, 0.1) is 6.61 Å². The van der Waals surface area contributed by atoms with Crippen molar-refractivity contribution in [2.24, 2.45) is 0 Å². The summed E-state index contributed by atoms with van der Waals surface area (Å²) >= 11 is 5.81. The third kappa shape index (κ3) is 4.32. The maximum absolute atomic E-state index is 11.7. The van der Waals surface area contributed by atoms with Crippen LogP contribution >= 0.6 is 11.6 Å². The lowest BCUT2D eigenvalue weighted by Crippen LogP contribution is -2.27. The lowest BCUT2D eigenvalue weighted by Gasteiger charge is -2.08. The van der Waals surface area contributed by atoms with Crippen LogP contribution in [0.2, 0.25) is 5.02 Å². The number of ether oxygens (including phenoxy) is 1. The fraction of sp³-hybridized carbons (Fsp3) is 0.214. The average molecular weight is 308 g/mol. The molecule has 0 radical (unpaired) electrons. The Balaban J connectivity index is 2.16. The van der Waals surface area contributed by atoms with Crippen LogP contribution in [0.15, 0.2) is 41.2 Å². The molecule has 0 bridgehead atoms. The second-order valence-electron chi connectivity index (χ2n) is 4.15. The molecule has 0 unspecified atom stereocenters. The Hall–Kier alpha value is -2.34. The van der Waals surface area contributed by atoms with E-state index in [4.69, 9.17) is 16.3 Å². The van der Waals surface area contributed by atoms with Crippen molar-refractivity contribution in [2.75, 3.05) is 11.9 Å². The molecule has 21 heavy (non-hydrogen) atoms. The maximum Gasteiger partial charge on any atom is 0.327 e. The number of benzene rings is 1. The molecule has 1 N–H and O–H groups in total. The molecule has 0 spiro atoms. The van der Waals surface area contributed by atoms with Crippen molar-refractivity contribution in [2.45, 2.75) is 13.5 Å². The van der Waals surface area contributed by atoms with Gasteiger partial charge in [0.25, 0.3) is 5.56 Å². The molecule has 7 heteroatoms. The van der Waals surface area contributed by atoms with Crippen LogP contribution in [-0.2, 0) is 16.1 Å². The minimum Gasteiger partial charge on any atom is -0.465 e. The molecule has 0 aliphatic rings. The molecule has 2 aromatic rings. The summed E-state index contributed by atoms with van der Waals surface area (Å²) < 4.78 is 5.85. The predicted octanol–water partition coefficient (Wildman–Crippen LogP) is 2.20. The molecular weight excluding hydrogens is 294 g/mol. The minimum atomic E-state index is -0.504. The summed E-state index contributed by atoms with van der Waals surface area (Å²) in [4.78, 5) is 23.1. The van der Waals surface area contributed by atoms with E-state index >= 15 is 0 Å². The molecule has 0 saturated heterocycles. The van der Waals surface area contributed by atoms with Crippen LogP contribution in [0.5, 0.6) is 0 Å². The van der Waals surface area contributed by atoms with Gasteiger partial charge in [-0.25, -0.2) is 4.68 Å². The highest BCUT2D eigenvalue weighted by Gasteiger charge is 2.07. The van der Waals surface area contributed by atoms with Crippen LogP contribution in [0.1, 0.15) is 6.92 Å². The zero-order valence-electron chi connectivity index (χ0n) is 11.4. The van der Waals surface area contributed by atoms with Gasteiger partial charge in [-0.3, -0.25) is 9.59 Å². The van der Waals surface area contributed by atoms with Crippen LogP contribution in [0.3, 0.4) is 0 Å². The third-order valence-corrected chi connectivity index (χ3v) is 2.82. The van der Waals surface area contributed by atoms with E-state index in [0.29, 0.717) is 10.8 Å². The van der Waals surface area contributed by atoms with Crippen LogP contribution < -0.4 is 10.9 Å². The topological polar surface area (TPSA) is 73.2 Å². The number of nitrogens with zero attached hydrogens (tertiary/aromatic N) is 2. The van der Waals surface area contributed by atoms with Gasteiger partial charge >= 0.3 is 5.97 Å². The lowest BCUT2D eigenvalue weighted by atomic mass is 10.3. The van der Waals surface area contributed by atoms with Gasteiger partial charge in [0, 0.05) is 16.8 Å². The summed E-state index contributed by atoms with van der Waals surface area (Å²) in [6.45, 7) is 1.74. The molecule has 1 aromatic heterocycles. The second kappa shape index (κ2) is 6.90. The van der Waals surface area contributed by atoms with E-state index in [9.17, 15) is 9.59 Å². The van der Waals surface area contributed by atoms with E-state index in [2.05, 4.69) is 10.4 Å². The molecule has 0 aliphatic carbocycles. The van der Waals surface area contributed by atoms with Crippen molar-refractivity contribution in [3.8, 4) is 0 Å². The molecule has 0 saturated carbocycles. The number of rotatable bonds is 5. The van der Waals surface area contributed by atoms with E-state index in [1.807, 2.05) is 0 Å². The van der Waals surface area contributed by atoms with Crippen molar-refractivity contribution >= 4 is 29.1 Å². The van der Waals surface area contributed by atoms with E-state index < -0.39 is 5.97 Å². The Morgan fingerprint density at radius 2 is 2.00 bits per heavy atom. The summed E-state index contributed by atoms with van der Waals surface area (Å²) in [5.74, 6) is -0.0584. The number of nitrogens with one attached hydrogen (secondary N) is 1. The van der Waals surface area contributed by atoms with Crippen LogP contribution in [-0.4, -0.2) is 22.4 Å². The maximum atomic E-state index is 11.7.